The average molecular weight is 413 g/mol. The van der Waals surface area contributed by atoms with E-state index in [0.717, 1.165) is 41.0 Å². The van der Waals surface area contributed by atoms with E-state index in [9.17, 15) is 9.59 Å². The Morgan fingerprint density at radius 3 is 2.79 bits per heavy atom. The van der Waals surface area contributed by atoms with Gasteiger partial charge in [0, 0.05) is 28.8 Å². The van der Waals surface area contributed by atoms with E-state index < -0.39 is 4.87 Å². The molecule has 144 valence electrons. The number of nitrogens with zero attached hydrogens (tertiary/aromatic N) is 2. The minimum absolute atomic E-state index is 0.0236. The molecule has 0 unspecified atom stereocenters. The van der Waals surface area contributed by atoms with Crippen LogP contribution in [0.3, 0.4) is 0 Å². The van der Waals surface area contributed by atoms with Crippen LogP contribution >= 0.6 is 23.4 Å². The molecule has 2 fully saturated rings. The van der Waals surface area contributed by atoms with Gasteiger partial charge < -0.3 is 9.80 Å². The zero-order valence-electron chi connectivity index (χ0n) is 15.7. The molecule has 1 saturated carbocycles. The van der Waals surface area contributed by atoms with Crippen LogP contribution in [0.5, 0.6) is 0 Å². The van der Waals surface area contributed by atoms with Crippen LogP contribution in [0.15, 0.2) is 42.5 Å². The van der Waals surface area contributed by atoms with Gasteiger partial charge in [0.05, 0.1) is 12.2 Å². The molecule has 0 bridgehead atoms. The predicted molar refractivity (Wildman–Crippen MR) is 112 cm³/mol. The summed E-state index contributed by atoms with van der Waals surface area (Å²) in [6.07, 6.45) is 1.88. The first kappa shape index (κ1) is 18.1. The second-order valence-electron chi connectivity index (χ2n) is 7.76. The van der Waals surface area contributed by atoms with Gasteiger partial charge in [-0.2, -0.15) is 0 Å². The van der Waals surface area contributed by atoms with Gasteiger partial charge in [0.1, 0.15) is 0 Å². The SMILES string of the molecule is Cc1ccc2c(c1)[C@]1(SCCN1C(=O)C1CC1)C(=O)N2Cc1ccccc1Cl. The molecule has 1 saturated heterocycles. The van der Waals surface area contributed by atoms with E-state index in [0.29, 0.717) is 18.1 Å². The standard InChI is InChI=1S/C22H21ClN2O2S/c1-14-6-9-19-17(12-14)22(25(10-11-28-22)20(26)15-7-8-15)21(27)24(19)13-16-4-2-3-5-18(16)23/h2-6,9,12,15H,7-8,10-11,13H2,1H3/t22-/m0/s1. The second-order valence-corrected chi connectivity index (χ2v) is 9.45. The van der Waals surface area contributed by atoms with Crippen LogP contribution in [0.4, 0.5) is 5.69 Å². The molecule has 2 heterocycles. The lowest BCUT2D eigenvalue weighted by atomic mass is 10.0. The topological polar surface area (TPSA) is 40.6 Å². The van der Waals surface area contributed by atoms with Crippen molar-refractivity contribution in [2.45, 2.75) is 31.2 Å². The number of carbonyl (C=O) groups is 2. The van der Waals surface area contributed by atoms with Crippen LogP contribution in [0.25, 0.3) is 0 Å². The molecule has 0 N–H and O–H groups in total. The van der Waals surface area contributed by atoms with Crippen LogP contribution < -0.4 is 4.90 Å². The number of hydrogen-bond acceptors (Lipinski definition) is 3. The Bertz CT molecular complexity index is 990. The lowest BCUT2D eigenvalue weighted by molar-refractivity contribution is -0.141. The first-order valence-electron chi connectivity index (χ1n) is 9.64. The molecule has 0 aromatic heterocycles. The Morgan fingerprint density at radius 1 is 1.25 bits per heavy atom. The molecule has 1 atom stereocenters. The highest BCUT2D eigenvalue weighted by molar-refractivity contribution is 8.01. The van der Waals surface area contributed by atoms with Gasteiger partial charge in [0.2, 0.25) is 5.91 Å². The summed E-state index contributed by atoms with van der Waals surface area (Å²) in [6.45, 7) is 3.06. The van der Waals surface area contributed by atoms with E-state index in [1.807, 2.05) is 53.1 Å². The summed E-state index contributed by atoms with van der Waals surface area (Å²) in [4.78, 5) is 29.6. The summed E-state index contributed by atoms with van der Waals surface area (Å²) in [5.74, 6) is 0.974. The zero-order chi connectivity index (χ0) is 19.5. The van der Waals surface area contributed by atoms with E-state index >= 15 is 0 Å². The highest BCUT2D eigenvalue weighted by Gasteiger charge is 2.60. The summed E-state index contributed by atoms with van der Waals surface area (Å²) >= 11 is 7.97. The van der Waals surface area contributed by atoms with Crippen LogP contribution in [-0.2, 0) is 21.0 Å². The van der Waals surface area contributed by atoms with Gasteiger partial charge in [-0.1, -0.05) is 47.5 Å². The highest BCUT2D eigenvalue weighted by atomic mass is 35.5. The smallest absolute Gasteiger partial charge is 0.268 e. The third kappa shape index (κ3) is 2.60. The zero-order valence-corrected chi connectivity index (χ0v) is 17.2. The van der Waals surface area contributed by atoms with Crippen molar-refractivity contribution in [2.75, 3.05) is 17.2 Å². The Labute approximate surface area is 173 Å². The second kappa shape index (κ2) is 6.53. The number of amides is 2. The summed E-state index contributed by atoms with van der Waals surface area (Å²) < 4.78 is 0. The minimum atomic E-state index is -0.928. The van der Waals surface area contributed by atoms with Gasteiger partial charge in [0.15, 0.2) is 4.87 Å². The van der Waals surface area contributed by atoms with Crippen molar-refractivity contribution in [3.8, 4) is 0 Å². The summed E-state index contributed by atoms with van der Waals surface area (Å²) in [6, 6.07) is 13.7. The van der Waals surface area contributed by atoms with E-state index in [-0.39, 0.29) is 17.7 Å². The van der Waals surface area contributed by atoms with Gasteiger partial charge in [0.25, 0.3) is 5.91 Å². The maximum absolute atomic E-state index is 13.8. The van der Waals surface area contributed by atoms with Gasteiger partial charge in [-0.25, -0.2) is 0 Å². The largest absolute Gasteiger partial charge is 0.315 e. The fourth-order valence-corrected chi connectivity index (χ4v) is 5.91. The van der Waals surface area contributed by atoms with Crippen molar-refractivity contribution in [1.82, 2.24) is 4.90 Å². The summed E-state index contributed by atoms with van der Waals surface area (Å²) in [5.41, 5.74) is 3.83. The normalized spacial score (nSPS) is 23.6. The third-order valence-electron chi connectivity index (χ3n) is 5.83. The molecule has 2 amide bonds. The van der Waals surface area contributed by atoms with E-state index in [2.05, 4.69) is 6.07 Å². The summed E-state index contributed by atoms with van der Waals surface area (Å²) in [5, 5.41) is 0.648. The molecule has 2 aromatic carbocycles. The van der Waals surface area contributed by atoms with Crippen LogP contribution in [-0.4, -0.2) is 29.0 Å². The first-order chi connectivity index (χ1) is 13.5. The molecule has 5 rings (SSSR count). The van der Waals surface area contributed by atoms with Crippen LogP contribution in [0, 0.1) is 12.8 Å². The van der Waals surface area contributed by atoms with Gasteiger partial charge >= 0.3 is 0 Å². The maximum Gasteiger partial charge on any atom is 0.268 e. The molecular formula is C22H21ClN2O2S. The number of carbonyl (C=O) groups excluding carboxylic acids is 2. The highest BCUT2D eigenvalue weighted by Crippen LogP contribution is 2.55. The third-order valence-corrected chi connectivity index (χ3v) is 7.62. The van der Waals surface area contributed by atoms with Crippen molar-refractivity contribution in [3.05, 3.63) is 64.2 Å². The maximum atomic E-state index is 13.8. The number of aryl methyl sites for hydroxylation is 1. The molecular weight excluding hydrogens is 392 g/mol. The number of halogens is 1. The molecule has 28 heavy (non-hydrogen) atoms. The van der Waals surface area contributed by atoms with Crippen molar-refractivity contribution in [1.29, 1.82) is 0 Å². The van der Waals surface area contributed by atoms with Crippen molar-refractivity contribution >= 4 is 40.9 Å². The van der Waals surface area contributed by atoms with Crippen molar-refractivity contribution < 1.29 is 9.59 Å². The summed E-state index contributed by atoms with van der Waals surface area (Å²) in [7, 11) is 0. The Balaban J connectivity index is 1.61. The minimum Gasteiger partial charge on any atom is -0.315 e. The molecule has 2 aromatic rings. The number of benzene rings is 2. The quantitative estimate of drug-likeness (QED) is 0.753. The fourth-order valence-electron chi connectivity index (χ4n) is 4.25. The Kier molecular flexibility index (Phi) is 4.21. The molecule has 0 radical (unpaired) electrons. The number of thioether (sulfide) groups is 1. The lowest BCUT2D eigenvalue weighted by Gasteiger charge is -2.33. The number of fused-ring (bicyclic) bond motifs is 2. The van der Waals surface area contributed by atoms with Gasteiger partial charge in [-0.3, -0.25) is 9.59 Å². The number of anilines is 1. The van der Waals surface area contributed by atoms with Crippen LogP contribution in [0.1, 0.15) is 29.5 Å². The molecule has 6 heteroatoms. The van der Waals surface area contributed by atoms with Gasteiger partial charge in [-0.05, 0) is 37.5 Å². The molecule has 3 aliphatic rings. The lowest BCUT2D eigenvalue weighted by Crippen LogP contribution is -2.50. The van der Waals surface area contributed by atoms with Crippen LogP contribution in [0.2, 0.25) is 5.02 Å². The number of hydrogen-bond donors (Lipinski definition) is 0. The van der Waals surface area contributed by atoms with E-state index in [1.165, 1.54) is 0 Å². The van der Waals surface area contributed by atoms with Crippen molar-refractivity contribution in [3.63, 3.8) is 0 Å². The van der Waals surface area contributed by atoms with E-state index in [4.69, 9.17) is 11.6 Å². The van der Waals surface area contributed by atoms with E-state index in [1.54, 1.807) is 11.8 Å². The molecule has 1 aliphatic carbocycles. The number of rotatable bonds is 3. The average Bonchev–Trinajstić information content (AvgIpc) is 3.40. The molecule has 2 aliphatic heterocycles. The Hall–Kier alpha value is -1.98. The fraction of sp³-hybridized carbons (Fsp3) is 0.364. The van der Waals surface area contributed by atoms with Gasteiger partial charge in [-0.15, -0.1) is 11.8 Å². The molecule has 1 spiro atoms. The van der Waals surface area contributed by atoms with Crippen molar-refractivity contribution in [2.24, 2.45) is 5.92 Å². The monoisotopic (exact) mass is 412 g/mol. The Morgan fingerprint density at radius 2 is 2.04 bits per heavy atom. The first-order valence-corrected chi connectivity index (χ1v) is 11.0. The predicted octanol–water partition coefficient (Wildman–Crippen LogP) is 4.33. The molecule has 4 nitrogen and oxygen atoms in total.